The van der Waals surface area contributed by atoms with Gasteiger partial charge in [0.15, 0.2) is 0 Å². The Hall–Kier alpha value is -4.13. The minimum absolute atomic E-state index is 0.00434. The predicted molar refractivity (Wildman–Crippen MR) is 134 cm³/mol. The zero-order valence-electron chi connectivity index (χ0n) is 20.2. The highest BCUT2D eigenvalue weighted by Crippen LogP contribution is 2.43. The first kappa shape index (κ1) is 24.0. The van der Waals surface area contributed by atoms with Gasteiger partial charge in [-0.15, -0.1) is 0 Å². The molecule has 0 saturated carbocycles. The second-order valence-electron chi connectivity index (χ2n) is 8.50. The number of hydrogen-bond acceptors (Lipinski definition) is 6. The van der Waals surface area contributed by atoms with Gasteiger partial charge in [0.1, 0.15) is 17.3 Å². The van der Waals surface area contributed by atoms with Crippen LogP contribution < -0.4 is 14.4 Å². The summed E-state index contributed by atoms with van der Waals surface area (Å²) in [6, 6.07) is 14.9. The molecule has 1 unspecified atom stereocenters. The number of carbonyl (C=O) groups is 2. The molecule has 1 aliphatic heterocycles. The Labute approximate surface area is 204 Å². The predicted octanol–water partition coefficient (Wildman–Crippen LogP) is 5.24. The molecule has 0 radical (unpaired) electrons. The molecule has 7 heteroatoms. The molecule has 2 heterocycles. The summed E-state index contributed by atoms with van der Waals surface area (Å²) in [5.41, 5.74) is 2.42. The summed E-state index contributed by atoms with van der Waals surface area (Å²) in [7, 11) is 1.59. The number of aliphatic hydroxyl groups is 1. The molecule has 4 rings (SSSR count). The molecular formula is C28H28N2O5. The second-order valence-corrected chi connectivity index (χ2v) is 8.50. The number of anilines is 1. The lowest BCUT2D eigenvalue weighted by Gasteiger charge is -2.25. The van der Waals surface area contributed by atoms with Crippen molar-refractivity contribution < 1.29 is 24.2 Å². The van der Waals surface area contributed by atoms with Crippen LogP contribution >= 0.6 is 0 Å². The van der Waals surface area contributed by atoms with Gasteiger partial charge in [0, 0.05) is 29.7 Å². The number of benzene rings is 2. The van der Waals surface area contributed by atoms with Crippen molar-refractivity contribution in [3.05, 3.63) is 89.3 Å². The highest BCUT2D eigenvalue weighted by atomic mass is 16.5. The third-order valence-electron chi connectivity index (χ3n) is 5.98. The van der Waals surface area contributed by atoms with Gasteiger partial charge in [-0.25, -0.2) is 0 Å². The van der Waals surface area contributed by atoms with Crippen LogP contribution in [0.4, 0.5) is 5.69 Å². The zero-order valence-corrected chi connectivity index (χ0v) is 20.2. The van der Waals surface area contributed by atoms with Gasteiger partial charge in [-0.2, -0.15) is 0 Å². The molecule has 1 amide bonds. The number of ether oxygens (including phenoxy) is 2. The van der Waals surface area contributed by atoms with E-state index < -0.39 is 17.7 Å². The summed E-state index contributed by atoms with van der Waals surface area (Å²) in [5, 5.41) is 11.4. The third kappa shape index (κ3) is 4.49. The van der Waals surface area contributed by atoms with Crippen molar-refractivity contribution in [2.24, 2.45) is 0 Å². The van der Waals surface area contributed by atoms with Crippen molar-refractivity contribution >= 4 is 23.1 Å². The van der Waals surface area contributed by atoms with Crippen LogP contribution in [0, 0.1) is 0 Å². The van der Waals surface area contributed by atoms with Crippen molar-refractivity contribution in [1.29, 1.82) is 0 Å². The average Bonchev–Trinajstić information content (AvgIpc) is 3.14. The summed E-state index contributed by atoms with van der Waals surface area (Å²) in [4.78, 5) is 32.3. The minimum atomic E-state index is -0.856. The number of rotatable bonds is 7. The maximum absolute atomic E-state index is 13.4. The molecule has 35 heavy (non-hydrogen) atoms. The van der Waals surface area contributed by atoms with Crippen LogP contribution in [0.2, 0.25) is 0 Å². The summed E-state index contributed by atoms with van der Waals surface area (Å²) in [6.07, 6.45) is 3.21. The van der Waals surface area contributed by atoms with Gasteiger partial charge in [0.2, 0.25) is 0 Å². The van der Waals surface area contributed by atoms with E-state index in [-0.39, 0.29) is 17.3 Å². The van der Waals surface area contributed by atoms with Gasteiger partial charge in [0.25, 0.3) is 11.7 Å². The number of carbonyl (C=O) groups excluding carboxylic acids is 2. The molecular weight excluding hydrogens is 444 g/mol. The Balaban J connectivity index is 1.92. The fourth-order valence-corrected chi connectivity index (χ4v) is 4.33. The first-order valence-electron chi connectivity index (χ1n) is 11.5. The van der Waals surface area contributed by atoms with Crippen molar-refractivity contribution in [2.45, 2.75) is 32.7 Å². The normalized spacial score (nSPS) is 17.2. The molecule has 1 aromatic heterocycles. The minimum Gasteiger partial charge on any atom is -0.507 e. The number of ketones is 1. The van der Waals surface area contributed by atoms with E-state index in [4.69, 9.17) is 9.47 Å². The van der Waals surface area contributed by atoms with Crippen LogP contribution in [-0.2, 0) is 9.59 Å². The first-order chi connectivity index (χ1) is 16.9. The standard InChI is InChI=1S/C28H28N2O5/c1-5-35-21-10-6-9-20(15-21)30-25(19-8-7-13-29-16-19)24(27(32)28(30)33)26(31)18-11-12-23(34-4)22(14-18)17(2)3/h6-17,25,31H,5H2,1-4H3/b26-24-. The molecule has 1 fully saturated rings. The monoisotopic (exact) mass is 472 g/mol. The van der Waals surface area contributed by atoms with E-state index in [1.54, 1.807) is 74.1 Å². The summed E-state index contributed by atoms with van der Waals surface area (Å²) in [5.74, 6) is -0.352. The Kier molecular flexibility index (Phi) is 6.87. The zero-order chi connectivity index (χ0) is 25.1. The Morgan fingerprint density at radius 2 is 1.91 bits per heavy atom. The molecule has 2 aromatic carbocycles. The van der Waals surface area contributed by atoms with E-state index in [1.807, 2.05) is 20.8 Å². The highest BCUT2D eigenvalue weighted by Gasteiger charge is 2.47. The van der Waals surface area contributed by atoms with Gasteiger partial charge < -0.3 is 14.6 Å². The maximum Gasteiger partial charge on any atom is 0.300 e. The molecule has 1 saturated heterocycles. The molecule has 7 nitrogen and oxygen atoms in total. The maximum atomic E-state index is 13.4. The summed E-state index contributed by atoms with van der Waals surface area (Å²) < 4.78 is 11.1. The van der Waals surface area contributed by atoms with Crippen LogP contribution in [0.1, 0.15) is 49.4 Å². The number of aliphatic hydroxyl groups excluding tert-OH is 1. The molecule has 180 valence electrons. The lowest BCUT2D eigenvalue weighted by Crippen LogP contribution is -2.29. The Bertz CT molecular complexity index is 1280. The first-order valence-corrected chi connectivity index (χ1v) is 11.5. The van der Waals surface area contributed by atoms with Gasteiger partial charge in [0.05, 0.1) is 25.3 Å². The number of amides is 1. The smallest absolute Gasteiger partial charge is 0.300 e. The van der Waals surface area contributed by atoms with Gasteiger partial charge in [-0.05, 0) is 60.4 Å². The second kappa shape index (κ2) is 10.0. The highest BCUT2D eigenvalue weighted by molar-refractivity contribution is 6.51. The molecule has 0 aliphatic carbocycles. The lowest BCUT2D eigenvalue weighted by atomic mass is 9.93. The van der Waals surface area contributed by atoms with Crippen molar-refractivity contribution in [1.82, 2.24) is 4.98 Å². The van der Waals surface area contributed by atoms with Crippen molar-refractivity contribution in [2.75, 3.05) is 18.6 Å². The van der Waals surface area contributed by atoms with E-state index in [0.29, 0.717) is 34.9 Å². The van der Waals surface area contributed by atoms with Crippen LogP contribution in [0.3, 0.4) is 0 Å². The van der Waals surface area contributed by atoms with Crippen molar-refractivity contribution in [3.8, 4) is 11.5 Å². The topological polar surface area (TPSA) is 89.0 Å². The molecule has 1 aliphatic rings. The number of hydrogen-bond donors (Lipinski definition) is 1. The van der Waals surface area contributed by atoms with E-state index in [0.717, 1.165) is 5.56 Å². The largest absolute Gasteiger partial charge is 0.507 e. The number of Topliss-reactive ketones (excluding diaryl/α,β-unsaturated/α-hetero) is 1. The quantitative estimate of drug-likeness (QED) is 0.287. The van der Waals surface area contributed by atoms with Crippen LogP contribution in [0.25, 0.3) is 5.76 Å². The van der Waals surface area contributed by atoms with Crippen LogP contribution in [-0.4, -0.2) is 35.5 Å². The SMILES string of the molecule is CCOc1cccc(N2C(=O)C(=O)/C(=C(\O)c3ccc(OC)c(C(C)C)c3)C2c2cccnc2)c1. The number of nitrogens with zero attached hydrogens (tertiary/aromatic N) is 2. The number of aromatic nitrogens is 1. The molecule has 1 N–H and O–H groups in total. The summed E-state index contributed by atoms with van der Waals surface area (Å²) >= 11 is 0. The van der Waals surface area contributed by atoms with Crippen LogP contribution in [0.5, 0.6) is 11.5 Å². The Morgan fingerprint density at radius 1 is 1.11 bits per heavy atom. The van der Waals surface area contributed by atoms with Crippen molar-refractivity contribution in [3.63, 3.8) is 0 Å². The van der Waals surface area contributed by atoms with Gasteiger partial charge >= 0.3 is 0 Å². The summed E-state index contributed by atoms with van der Waals surface area (Å²) in [6.45, 7) is 6.36. The molecule has 1 atom stereocenters. The van der Waals surface area contributed by atoms with E-state index in [9.17, 15) is 14.7 Å². The average molecular weight is 473 g/mol. The fraction of sp³-hybridized carbons (Fsp3) is 0.250. The van der Waals surface area contributed by atoms with E-state index in [1.165, 1.54) is 4.90 Å². The van der Waals surface area contributed by atoms with E-state index >= 15 is 0 Å². The lowest BCUT2D eigenvalue weighted by molar-refractivity contribution is -0.132. The molecule has 3 aromatic rings. The van der Waals surface area contributed by atoms with E-state index in [2.05, 4.69) is 4.98 Å². The number of pyridine rings is 1. The number of methoxy groups -OCH3 is 1. The molecule has 0 spiro atoms. The van der Waals surface area contributed by atoms with Gasteiger partial charge in [-0.3, -0.25) is 19.5 Å². The Morgan fingerprint density at radius 3 is 2.57 bits per heavy atom. The van der Waals surface area contributed by atoms with Gasteiger partial charge in [-0.1, -0.05) is 26.0 Å². The fourth-order valence-electron chi connectivity index (χ4n) is 4.33. The third-order valence-corrected chi connectivity index (χ3v) is 5.98. The van der Waals surface area contributed by atoms with Crippen LogP contribution in [0.15, 0.2) is 72.6 Å². The molecule has 0 bridgehead atoms.